The number of aromatic nitrogens is 1. The summed E-state index contributed by atoms with van der Waals surface area (Å²) in [5, 5.41) is 2.59. The first-order valence-electron chi connectivity index (χ1n) is 6.13. The zero-order chi connectivity index (χ0) is 14.6. The molecule has 0 aliphatic heterocycles. The van der Waals surface area contributed by atoms with Gasteiger partial charge in [0.2, 0.25) is 0 Å². The van der Waals surface area contributed by atoms with E-state index in [0.29, 0.717) is 18.1 Å². The highest BCUT2D eigenvalue weighted by Crippen LogP contribution is 2.22. The van der Waals surface area contributed by atoms with Crippen molar-refractivity contribution >= 4 is 21.3 Å². The van der Waals surface area contributed by atoms with Gasteiger partial charge in [0.15, 0.2) is 9.84 Å². The van der Waals surface area contributed by atoms with Crippen LogP contribution in [-0.2, 0) is 9.84 Å². The summed E-state index contributed by atoms with van der Waals surface area (Å²) in [6.45, 7) is 4.80. The first-order valence-corrected chi connectivity index (χ1v) is 7.67. The van der Waals surface area contributed by atoms with Gasteiger partial charge in [0.25, 0.3) is 0 Å². The quantitative estimate of drug-likeness (QED) is 0.805. The van der Waals surface area contributed by atoms with Gasteiger partial charge in [-0.1, -0.05) is 0 Å². The first kappa shape index (κ1) is 15.7. The molecular formula is C12H22N4O2S. The lowest BCUT2D eigenvalue weighted by atomic mass is 10.4. The number of nitrogens with zero attached hydrogens (tertiary/aromatic N) is 2. The van der Waals surface area contributed by atoms with E-state index in [0.717, 1.165) is 6.54 Å². The monoisotopic (exact) mass is 286 g/mol. The summed E-state index contributed by atoms with van der Waals surface area (Å²) in [5.74, 6) is 0.518. The van der Waals surface area contributed by atoms with E-state index in [1.165, 1.54) is 12.3 Å². The Kier molecular flexibility index (Phi) is 5.13. The summed E-state index contributed by atoms with van der Waals surface area (Å²) in [5.41, 5.74) is 6.18. The van der Waals surface area contributed by atoms with Crippen LogP contribution in [0.1, 0.15) is 13.8 Å². The molecule has 1 rings (SSSR count). The third-order valence-corrected chi connectivity index (χ3v) is 4.81. The molecule has 0 spiro atoms. The van der Waals surface area contributed by atoms with E-state index in [9.17, 15) is 8.42 Å². The number of hydrogen-bond acceptors (Lipinski definition) is 6. The molecule has 0 amide bonds. The second kappa shape index (κ2) is 6.21. The van der Waals surface area contributed by atoms with Crippen molar-refractivity contribution in [2.45, 2.75) is 24.0 Å². The van der Waals surface area contributed by atoms with Gasteiger partial charge in [0, 0.05) is 19.3 Å². The molecule has 0 aliphatic carbocycles. The maximum atomic E-state index is 12.0. The number of sulfone groups is 1. The van der Waals surface area contributed by atoms with Gasteiger partial charge in [0.1, 0.15) is 5.82 Å². The number of hydrogen-bond donors (Lipinski definition) is 2. The minimum absolute atomic E-state index is 0.165. The van der Waals surface area contributed by atoms with Crippen LogP contribution in [0, 0.1) is 0 Å². The van der Waals surface area contributed by atoms with Crippen LogP contribution in [0.3, 0.4) is 0 Å². The third-order valence-electron chi connectivity index (χ3n) is 2.69. The number of anilines is 2. The van der Waals surface area contributed by atoms with Crippen molar-refractivity contribution in [3.8, 4) is 0 Å². The Morgan fingerprint density at radius 3 is 2.53 bits per heavy atom. The van der Waals surface area contributed by atoms with Gasteiger partial charge in [-0.15, -0.1) is 0 Å². The van der Waals surface area contributed by atoms with E-state index < -0.39 is 15.1 Å². The zero-order valence-corrected chi connectivity index (χ0v) is 12.7. The molecule has 0 fully saturated rings. The van der Waals surface area contributed by atoms with Crippen molar-refractivity contribution in [3.05, 3.63) is 12.3 Å². The molecule has 1 aromatic heterocycles. The van der Waals surface area contributed by atoms with Crippen molar-refractivity contribution in [1.29, 1.82) is 0 Å². The minimum Gasteiger partial charge on any atom is -0.396 e. The first-order chi connectivity index (χ1) is 8.75. The molecular weight excluding hydrogens is 264 g/mol. The van der Waals surface area contributed by atoms with Gasteiger partial charge in [-0.3, -0.25) is 0 Å². The van der Waals surface area contributed by atoms with Crippen molar-refractivity contribution in [3.63, 3.8) is 0 Å². The second-order valence-corrected chi connectivity index (χ2v) is 7.44. The molecule has 0 aromatic carbocycles. The normalized spacial score (nSPS) is 12.1. The van der Waals surface area contributed by atoms with Crippen LogP contribution in [0.2, 0.25) is 0 Å². The summed E-state index contributed by atoms with van der Waals surface area (Å²) < 4.78 is 24.0. The molecule has 1 heterocycles. The predicted octanol–water partition coefficient (Wildman–Crippen LogP) is 0.819. The molecule has 0 aliphatic rings. The lowest BCUT2D eigenvalue weighted by Gasteiger charge is -2.13. The van der Waals surface area contributed by atoms with E-state index in [1.807, 2.05) is 19.0 Å². The molecule has 0 atom stereocenters. The topological polar surface area (TPSA) is 88.3 Å². The van der Waals surface area contributed by atoms with E-state index in [1.54, 1.807) is 13.8 Å². The number of nitrogen functional groups attached to an aromatic ring is 1. The fraction of sp³-hybridized carbons (Fsp3) is 0.583. The van der Waals surface area contributed by atoms with Gasteiger partial charge in [-0.05, 0) is 34.0 Å². The molecule has 0 saturated heterocycles. The van der Waals surface area contributed by atoms with Crippen LogP contribution in [0.25, 0.3) is 0 Å². The smallest absolute Gasteiger partial charge is 0.182 e. The largest absolute Gasteiger partial charge is 0.396 e. The van der Waals surface area contributed by atoms with Gasteiger partial charge in [-0.2, -0.15) is 0 Å². The zero-order valence-electron chi connectivity index (χ0n) is 11.8. The van der Waals surface area contributed by atoms with Crippen LogP contribution < -0.4 is 11.1 Å². The summed E-state index contributed by atoms with van der Waals surface area (Å²) >= 11 is 0. The number of rotatable bonds is 6. The standard InChI is InChI=1S/C12H22N4O2S/c1-9(2)19(17,18)10-7-11(13)12(15-8-10)14-5-6-16(3)4/h7-9H,5-6,13H2,1-4H3,(H,14,15). The summed E-state index contributed by atoms with van der Waals surface area (Å²) in [6.07, 6.45) is 1.35. The Labute approximate surface area is 114 Å². The molecule has 19 heavy (non-hydrogen) atoms. The average molecular weight is 286 g/mol. The Hall–Kier alpha value is -1.34. The highest BCUT2D eigenvalue weighted by atomic mass is 32.2. The SMILES string of the molecule is CC(C)S(=O)(=O)c1cnc(NCCN(C)C)c(N)c1. The van der Waals surface area contributed by atoms with E-state index >= 15 is 0 Å². The number of nitrogens with two attached hydrogens (primary N) is 1. The molecule has 0 saturated carbocycles. The Bertz CT molecular complexity index is 527. The fourth-order valence-corrected chi connectivity index (χ4v) is 2.47. The highest BCUT2D eigenvalue weighted by molar-refractivity contribution is 7.92. The van der Waals surface area contributed by atoms with E-state index in [2.05, 4.69) is 10.3 Å². The van der Waals surface area contributed by atoms with Gasteiger partial charge in [-0.25, -0.2) is 13.4 Å². The Morgan fingerprint density at radius 2 is 2.05 bits per heavy atom. The van der Waals surface area contributed by atoms with Crippen LogP contribution in [0.5, 0.6) is 0 Å². The fourth-order valence-electron chi connectivity index (χ4n) is 1.43. The summed E-state index contributed by atoms with van der Waals surface area (Å²) in [4.78, 5) is 6.28. The van der Waals surface area contributed by atoms with Crippen LogP contribution in [0.15, 0.2) is 17.2 Å². The summed E-state index contributed by atoms with van der Waals surface area (Å²) in [7, 11) is 0.609. The van der Waals surface area contributed by atoms with Crippen LogP contribution in [-0.4, -0.2) is 50.7 Å². The number of likely N-dealkylation sites (N-methyl/N-ethyl adjacent to an activating group) is 1. The van der Waals surface area contributed by atoms with Gasteiger partial charge >= 0.3 is 0 Å². The van der Waals surface area contributed by atoms with Crippen LogP contribution >= 0.6 is 0 Å². The lowest BCUT2D eigenvalue weighted by Crippen LogP contribution is -2.21. The third kappa shape index (κ3) is 4.07. The van der Waals surface area contributed by atoms with Crippen molar-refractivity contribution in [1.82, 2.24) is 9.88 Å². The molecule has 7 heteroatoms. The molecule has 0 bridgehead atoms. The van der Waals surface area contributed by atoms with Crippen LogP contribution in [0.4, 0.5) is 11.5 Å². The molecule has 0 unspecified atom stereocenters. The average Bonchev–Trinajstić information content (AvgIpc) is 2.30. The number of pyridine rings is 1. The molecule has 6 nitrogen and oxygen atoms in total. The minimum atomic E-state index is -3.33. The molecule has 1 aromatic rings. The van der Waals surface area contributed by atoms with E-state index in [4.69, 9.17) is 5.73 Å². The van der Waals surface area contributed by atoms with Crippen molar-refractivity contribution in [2.75, 3.05) is 38.2 Å². The second-order valence-electron chi connectivity index (χ2n) is 4.93. The maximum Gasteiger partial charge on any atom is 0.182 e. The Balaban J connectivity index is 2.86. The van der Waals surface area contributed by atoms with Gasteiger partial charge in [0.05, 0.1) is 15.8 Å². The number of nitrogens with one attached hydrogen (secondary N) is 1. The summed E-state index contributed by atoms with van der Waals surface area (Å²) in [6, 6.07) is 1.46. The van der Waals surface area contributed by atoms with Crippen molar-refractivity contribution in [2.24, 2.45) is 0 Å². The highest BCUT2D eigenvalue weighted by Gasteiger charge is 2.20. The molecule has 0 radical (unpaired) electrons. The van der Waals surface area contributed by atoms with E-state index in [-0.39, 0.29) is 4.90 Å². The maximum absolute atomic E-state index is 12.0. The predicted molar refractivity (Wildman–Crippen MR) is 78.0 cm³/mol. The van der Waals surface area contributed by atoms with Gasteiger partial charge < -0.3 is 16.0 Å². The molecule has 108 valence electrons. The Morgan fingerprint density at radius 1 is 1.42 bits per heavy atom. The van der Waals surface area contributed by atoms with Crippen molar-refractivity contribution < 1.29 is 8.42 Å². The molecule has 3 N–H and O–H groups in total. The lowest BCUT2D eigenvalue weighted by molar-refractivity contribution is 0.425.